The maximum Gasteiger partial charge on any atom is 0.422 e. The third-order valence-corrected chi connectivity index (χ3v) is 7.80. The molecule has 0 radical (unpaired) electrons. The normalized spacial score (nSPS) is 11.9. The molecule has 6 amide bonds. The van der Waals surface area contributed by atoms with Crippen molar-refractivity contribution in [3.63, 3.8) is 0 Å². The number of hydrogen-bond donors (Lipinski definition) is 6. The minimum absolute atomic E-state index is 0.0515. The van der Waals surface area contributed by atoms with E-state index in [4.69, 9.17) is 9.47 Å². The van der Waals surface area contributed by atoms with E-state index < -0.39 is 47.2 Å². The summed E-state index contributed by atoms with van der Waals surface area (Å²) in [6.45, 7) is 19.5. The van der Waals surface area contributed by atoms with Gasteiger partial charge in [0.25, 0.3) is 0 Å². The number of benzene rings is 1. The zero-order valence-electron chi connectivity index (χ0n) is 38.4. The summed E-state index contributed by atoms with van der Waals surface area (Å²) in [5.41, 5.74) is 16.0. The van der Waals surface area contributed by atoms with Crippen molar-refractivity contribution in [2.45, 2.75) is 100 Å². The lowest BCUT2D eigenvalue weighted by Crippen LogP contribution is -2.58. The Morgan fingerprint density at radius 1 is 0.541 bits per heavy atom. The summed E-state index contributed by atoms with van der Waals surface area (Å²) in [5.74, 6) is -2.82. The molecular formula is C40H72N12O9. The van der Waals surface area contributed by atoms with Crippen molar-refractivity contribution in [2.24, 2.45) is 11.8 Å². The van der Waals surface area contributed by atoms with Crippen LogP contribution in [0, 0.1) is 11.8 Å². The highest BCUT2D eigenvalue weighted by Gasteiger charge is 2.25. The van der Waals surface area contributed by atoms with Crippen LogP contribution in [0.2, 0.25) is 0 Å². The number of likely N-dealkylation sites (N-methyl/N-ethyl adjacent to an activating group) is 2. The molecule has 21 nitrogen and oxygen atoms in total. The van der Waals surface area contributed by atoms with Crippen LogP contribution in [-0.2, 0) is 44.8 Å². The molecule has 1 rings (SSSR count). The van der Waals surface area contributed by atoms with E-state index in [2.05, 4.69) is 32.6 Å². The van der Waals surface area contributed by atoms with Crippen molar-refractivity contribution in [1.29, 1.82) is 0 Å². The molecule has 1 aromatic carbocycles. The highest BCUT2D eigenvalue weighted by Crippen LogP contribution is 2.08. The van der Waals surface area contributed by atoms with Gasteiger partial charge < -0.3 is 9.47 Å². The van der Waals surface area contributed by atoms with Gasteiger partial charge >= 0.3 is 12.1 Å². The van der Waals surface area contributed by atoms with Crippen LogP contribution in [0.15, 0.2) is 30.3 Å². The lowest BCUT2D eigenvalue weighted by molar-refractivity contribution is -0.148. The van der Waals surface area contributed by atoms with Crippen molar-refractivity contribution < 1.29 is 43.0 Å². The zero-order valence-corrected chi connectivity index (χ0v) is 38.4. The van der Waals surface area contributed by atoms with E-state index >= 15 is 0 Å². The average Bonchev–Trinajstić information content (AvgIpc) is 3.08. The van der Waals surface area contributed by atoms with Gasteiger partial charge in [0, 0.05) is 39.3 Å². The minimum Gasteiger partial charge on any atom is -0.460 e. The summed E-state index contributed by atoms with van der Waals surface area (Å²) < 4.78 is 10.6. The Kier molecular flexibility index (Phi) is 24.0. The van der Waals surface area contributed by atoms with Crippen molar-refractivity contribution >= 4 is 41.6 Å². The molecule has 0 heterocycles. The van der Waals surface area contributed by atoms with Crippen LogP contribution >= 0.6 is 0 Å². The molecule has 0 unspecified atom stereocenters. The number of rotatable bonds is 26. The van der Waals surface area contributed by atoms with E-state index in [1.165, 1.54) is 44.1 Å². The fraction of sp³-hybridized carbons (Fsp3) is 0.675. The van der Waals surface area contributed by atoms with Gasteiger partial charge in [-0.25, -0.2) is 34.8 Å². The molecule has 6 N–H and O–H groups in total. The molecule has 346 valence electrons. The Balaban J connectivity index is 2.70. The summed E-state index contributed by atoms with van der Waals surface area (Å²) in [4.78, 5) is 89.8. The predicted octanol–water partition coefficient (Wildman–Crippen LogP) is 0.526. The Morgan fingerprint density at radius 3 is 1.38 bits per heavy atom. The van der Waals surface area contributed by atoms with Gasteiger partial charge in [-0.3, -0.25) is 61.3 Å². The number of nitrogens with one attached hydrogen (secondary N) is 6. The summed E-state index contributed by atoms with van der Waals surface area (Å²) in [5, 5.41) is 8.32. The summed E-state index contributed by atoms with van der Waals surface area (Å²) in [6.07, 6.45) is -0.705. The van der Waals surface area contributed by atoms with Crippen molar-refractivity contribution in [3.8, 4) is 0 Å². The number of esters is 1. The number of nitrogens with zero attached hydrogens (tertiary/aromatic N) is 6. The quantitative estimate of drug-likeness (QED) is 0.0552. The largest absolute Gasteiger partial charge is 0.460 e. The SMILES string of the molecule is CC(C)CN(CC(=O)NN(CC(=O)NN(C)CC(=O)NN(CC(=O)OCc1ccccc1)CC(C)C)C(C)C)NC(=O)CN(C)NC(=O)CN(NC(=O)OC(C)(C)C)C(C)C. The Bertz CT molecular complexity index is 1560. The van der Waals surface area contributed by atoms with Crippen molar-refractivity contribution in [3.05, 3.63) is 35.9 Å². The first-order valence-electron chi connectivity index (χ1n) is 20.4. The molecule has 0 aliphatic carbocycles. The monoisotopic (exact) mass is 865 g/mol. The maximum absolute atomic E-state index is 13.2. The molecule has 0 fully saturated rings. The topological polar surface area (TPSA) is 230 Å². The van der Waals surface area contributed by atoms with Gasteiger partial charge in [0.2, 0.25) is 29.5 Å². The summed E-state index contributed by atoms with van der Waals surface area (Å²) in [7, 11) is 3.01. The molecule has 61 heavy (non-hydrogen) atoms. The third-order valence-electron chi connectivity index (χ3n) is 7.80. The first kappa shape index (κ1) is 54.1. The summed E-state index contributed by atoms with van der Waals surface area (Å²) >= 11 is 0. The summed E-state index contributed by atoms with van der Waals surface area (Å²) in [6, 6.07) is 8.69. The second kappa shape index (κ2) is 27.1. The molecule has 0 spiro atoms. The predicted molar refractivity (Wildman–Crippen MR) is 228 cm³/mol. The van der Waals surface area contributed by atoms with Gasteiger partial charge in [-0.1, -0.05) is 58.0 Å². The van der Waals surface area contributed by atoms with E-state index in [0.717, 1.165) is 5.56 Å². The number of hydrazine groups is 6. The molecule has 0 saturated heterocycles. The highest BCUT2D eigenvalue weighted by molar-refractivity contribution is 5.83. The Hall–Kier alpha value is -4.93. The van der Waals surface area contributed by atoms with Gasteiger partial charge in [-0.15, -0.1) is 0 Å². The molecule has 0 aliphatic rings. The van der Waals surface area contributed by atoms with Crippen LogP contribution in [0.1, 0.15) is 81.7 Å². The van der Waals surface area contributed by atoms with Crippen LogP contribution in [0.5, 0.6) is 0 Å². The van der Waals surface area contributed by atoms with Crippen molar-refractivity contribution in [2.75, 3.05) is 66.5 Å². The number of carbonyl (C=O) groups excluding carboxylic acids is 7. The molecule has 0 saturated carbocycles. The molecule has 0 aromatic heterocycles. The van der Waals surface area contributed by atoms with Gasteiger partial charge in [-0.2, -0.15) is 0 Å². The standard InChI is InChI=1S/C40H72N12O9/c1-28(2)19-49(43-33(53)21-47(12)42-37(57)25-52(31(7)8)46-39(59)61-40(9,10)11)23-35(55)45-51(30(5)6)24-36(56)41-48(13)22-34(54)44-50(20-29(3)4)26-38(58)60-27-32-17-15-14-16-18-32/h14-18,28-31H,19-27H2,1-13H3,(H,41,56)(H,42,57)(H,43,53)(H,44,54)(H,45,55)(H,46,59). The second-order valence-corrected chi connectivity index (χ2v) is 17.1. The van der Waals surface area contributed by atoms with E-state index in [1.54, 1.807) is 48.5 Å². The fourth-order valence-corrected chi connectivity index (χ4v) is 5.35. The smallest absolute Gasteiger partial charge is 0.422 e. The highest BCUT2D eigenvalue weighted by atomic mass is 16.6. The van der Waals surface area contributed by atoms with Crippen LogP contribution in [-0.4, -0.2) is 156 Å². The maximum atomic E-state index is 13.2. The lowest BCUT2D eigenvalue weighted by Gasteiger charge is -2.30. The molecular weight excluding hydrogens is 793 g/mol. The van der Waals surface area contributed by atoms with Crippen molar-refractivity contribution in [1.82, 2.24) is 62.6 Å². The molecule has 0 bridgehead atoms. The van der Waals surface area contributed by atoms with Crippen LogP contribution in [0.4, 0.5) is 4.79 Å². The Morgan fingerprint density at radius 2 is 0.951 bits per heavy atom. The lowest BCUT2D eigenvalue weighted by atomic mass is 10.2. The third kappa shape index (κ3) is 26.1. The van der Waals surface area contributed by atoms with Gasteiger partial charge in [0.1, 0.15) is 18.8 Å². The molecule has 0 aliphatic heterocycles. The molecule has 0 atom stereocenters. The zero-order chi connectivity index (χ0) is 46.4. The number of hydrogen-bond acceptors (Lipinski definition) is 15. The first-order chi connectivity index (χ1) is 28.3. The average molecular weight is 865 g/mol. The molecule has 21 heteroatoms. The number of amides is 6. The fourth-order valence-electron chi connectivity index (χ4n) is 5.35. The van der Waals surface area contributed by atoms with E-state index in [-0.39, 0.29) is 69.8 Å². The number of carbonyl (C=O) groups is 7. The van der Waals surface area contributed by atoms with Crippen LogP contribution in [0.3, 0.4) is 0 Å². The Labute approximate surface area is 361 Å². The van der Waals surface area contributed by atoms with Gasteiger partial charge in [0.15, 0.2) is 0 Å². The van der Waals surface area contributed by atoms with E-state index in [0.29, 0.717) is 13.1 Å². The molecule has 1 aromatic rings. The van der Waals surface area contributed by atoms with Gasteiger partial charge in [0.05, 0.1) is 32.7 Å². The number of ether oxygens (including phenoxy) is 2. The van der Waals surface area contributed by atoms with E-state index in [9.17, 15) is 33.6 Å². The first-order valence-corrected chi connectivity index (χ1v) is 20.4. The second-order valence-electron chi connectivity index (χ2n) is 17.1. The minimum atomic E-state index is -0.723. The van der Waals surface area contributed by atoms with Crippen LogP contribution < -0.4 is 32.6 Å². The van der Waals surface area contributed by atoms with E-state index in [1.807, 2.05) is 58.0 Å². The van der Waals surface area contributed by atoms with Gasteiger partial charge in [-0.05, 0) is 65.9 Å². The van der Waals surface area contributed by atoms with Crippen LogP contribution in [0.25, 0.3) is 0 Å².